The average molecular weight is 259 g/mol. The second kappa shape index (κ2) is 5.80. The van der Waals surface area contributed by atoms with Gasteiger partial charge in [0.2, 0.25) is 0 Å². The summed E-state index contributed by atoms with van der Waals surface area (Å²) in [6.45, 7) is 1.95. The Kier molecular flexibility index (Phi) is 4.12. The number of nitrogens with two attached hydrogens (primary N) is 1. The summed E-state index contributed by atoms with van der Waals surface area (Å²) < 4.78 is 13.9. The maximum absolute atomic E-state index is 13.9. The van der Waals surface area contributed by atoms with Gasteiger partial charge < -0.3 is 11.1 Å². The highest BCUT2D eigenvalue weighted by Crippen LogP contribution is 2.23. The van der Waals surface area contributed by atoms with Gasteiger partial charge in [0.05, 0.1) is 0 Å². The van der Waals surface area contributed by atoms with E-state index in [9.17, 15) is 4.39 Å². The molecule has 1 unspecified atom stereocenters. The second-order valence-corrected chi connectivity index (χ2v) is 4.62. The van der Waals surface area contributed by atoms with Crippen molar-refractivity contribution >= 4 is 5.82 Å². The smallest absolute Gasteiger partial charge is 0.128 e. The summed E-state index contributed by atoms with van der Waals surface area (Å²) in [6.07, 6.45) is 2.26. The molecule has 3 nitrogen and oxygen atoms in total. The summed E-state index contributed by atoms with van der Waals surface area (Å²) in [4.78, 5) is 4.06. The molecule has 1 aromatic carbocycles. The number of pyridine rings is 1. The summed E-state index contributed by atoms with van der Waals surface area (Å²) >= 11 is 0. The first-order valence-corrected chi connectivity index (χ1v) is 6.24. The zero-order valence-electron chi connectivity index (χ0n) is 11.2. The van der Waals surface area contributed by atoms with Gasteiger partial charge in [-0.3, -0.25) is 0 Å². The molecule has 1 aromatic heterocycles. The van der Waals surface area contributed by atoms with Gasteiger partial charge in [-0.2, -0.15) is 0 Å². The van der Waals surface area contributed by atoms with Gasteiger partial charge in [-0.05, 0) is 38.1 Å². The first-order valence-electron chi connectivity index (χ1n) is 6.24. The number of benzene rings is 1. The molecule has 0 aliphatic heterocycles. The maximum atomic E-state index is 13.9. The lowest BCUT2D eigenvalue weighted by Gasteiger charge is -2.18. The lowest BCUT2D eigenvalue weighted by molar-refractivity contribution is 0.533. The third kappa shape index (κ3) is 3.09. The van der Waals surface area contributed by atoms with Crippen LogP contribution in [-0.2, 0) is 6.42 Å². The van der Waals surface area contributed by atoms with E-state index in [1.54, 1.807) is 12.3 Å². The van der Waals surface area contributed by atoms with Crippen LogP contribution in [0.2, 0.25) is 0 Å². The minimum atomic E-state index is -0.201. The standard InChI is InChI=1S/C15H18FN3/c1-10-5-6-13(16)12(8-10)14(18-2)9-11-4-3-7-19-15(11)17/h3-8,14,18H,9H2,1-2H3,(H2,17,19). The number of aromatic nitrogens is 1. The van der Waals surface area contributed by atoms with E-state index in [0.29, 0.717) is 17.8 Å². The van der Waals surface area contributed by atoms with Crippen LogP contribution < -0.4 is 11.1 Å². The van der Waals surface area contributed by atoms with Crippen molar-refractivity contribution in [3.8, 4) is 0 Å². The van der Waals surface area contributed by atoms with Crippen LogP contribution in [0.15, 0.2) is 36.5 Å². The molecule has 1 atom stereocenters. The molecular weight excluding hydrogens is 241 g/mol. The number of rotatable bonds is 4. The van der Waals surface area contributed by atoms with Gasteiger partial charge in [0.15, 0.2) is 0 Å². The fourth-order valence-electron chi connectivity index (χ4n) is 2.14. The first-order chi connectivity index (χ1) is 9.11. The molecule has 0 aliphatic rings. The van der Waals surface area contributed by atoms with E-state index in [2.05, 4.69) is 10.3 Å². The maximum Gasteiger partial charge on any atom is 0.128 e. The monoisotopic (exact) mass is 259 g/mol. The number of hydrogen-bond acceptors (Lipinski definition) is 3. The Hall–Kier alpha value is -1.94. The molecule has 0 saturated heterocycles. The molecular formula is C15H18FN3. The van der Waals surface area contributed by atoms with E-state index in [0.717, 1.165) is 11.1 Å². The first kappa shape index (κ1) is 13.5. The van der Waals surface area contributed by atoms with Crippen LogP contribution in [-0.4, -0.2) is 12.0 Å². The Morgan fingerprint density at radius 1 is 1.37 bits per heavy atom. The topological polar surface area (TPSA) is 50.9 Å². The Morgan fingerprint density at radius 3 is 2.84 bits per heavy atom. The summed E-state index contributed by atoms with van der Waals surface area (Å²) in [5, 5.41) is 3.14. The molecule has 0 radical (unpaired) electrons. The zero-order chi connectivity index (χ0) is 13.8. The number of hydrogen-bond donors (Lipinski definition) is 2. The van der Waals surface area contributed by atoms with Crippen LogP contribution in [0.25, 0.3) is 0 Å². The predicted octanol–water partition coefficient (Wildman–Crippen LogP) is 2.61. The highest BCUT2D eigenvalue weighted by molar-refractivity contribution is 5.40. The van der Waals surface area contributed by atoms with E-state index in [-0.39, 0.29) is 11.9 Å². The van der Waals surface area contributed by atoms with E-state index in [1.807, 2.05) is 32.2 Å². The molecule has 3 N–H and O–H groups in total. The Morgan fingerprint density at radius 2 is 2.16 bits per heavy atom. The van der Waals surface area contributed by atoms with Crippen molar-refractivity contribution in [1.29, 1.82) is 0 Å². The third-order valence-corrected chi connectivity index (χ3v) is 3.23. The van der Waals surface area contributed by atoms with Gasteiger partial charge in [-0.25, -0.2) is 9.37 Å². The molecule has 0 saturated carbocycles. The summed E-state index contributed by atoms with van der Waals surface area (Å²) in [6, 6.07) is 8.77. The fourth-order valence-corrected chi connectivity index (χ4v) is 2.14. The predicted molar refractivity (Wildman–Crippen MR) is 75.3 cm³/mol. The Balaban J connectivity index is 2.30. The molecule has 0 amide bonds. The molecule has 4 heteroatoms. The third-order valence-electron chi connectivity index (χ3n) is 3.23. The molecule has 2 aromatic rings. The van der Waals surface area contributed by atoms with Crippen molar-refractivity contribution in [2.24, 2.45) is 0 Å². The van der Waals surface area contributed by atoms with Crippen LogP contribution in [0.3, 0.4) is 0 Å². The van der Waals surface area contributed by atoms with Crippen molar-refractivity contribution in [2.45, 2.75) is 19.4 Å². The normalized spacial score (nSPS) is 12.4. The number of anilines is 1. The van der Waals surface area contributed by atoms with Gasteiger partial charge in [0.1, 0.15) is 11.6 Å². The van der Waals surface area contributed by atoms with Crippen molar-refractivity contribution < 1.29 is 4.39 Å². The zero-order valence-corrected chi connectivity index (χ0v) is 11.2. The average Bonchev–Trinajstić information content (AvgIpc) is 2.41. The van der Waals surface area contributed by atoms with Gasteiger partial charge >= 0.3 is 0 Å². The minimum Gasteiger partial charge on any atom is -0.383 e. The van der Waals surface area contributed by atoms with Gasteiger partial charge in [-0.1, -0.05) is 23.8 Å². The van der Waals surface area contributed by atoms with E-state index >= 15 is 0 Å². The number of likely N-dealkylation sites (N-methyl/N-ethyl adjacent to an activating group) is 1. The molecule has 1 heterocycles. The van der Waals surface area contributed by atoms with Gasteiger partial charge in [-0.15, -0.1) is 0 Å². The van der Waals surface area contributed by atoms with Gasteiger partial charge in [0, 0.05) is 17.8 Å². The molecule has 0 spiro atoms. The second-order valence-electron chi connectivity index (χ2n) is 4.62. The lowest BCUT2D eigenvalue weighted by atomic mass is 9.97. The molecule has 0 bridgehead atoms. The number of nitrogen functional groups attached to an aromatic ring is 1. The highest BCUT2D eigenvalue weighted by atomic mass is 19.1. The summed E-state index contributed by atoms with van der Waals surface area (Å²) in [5.41, 5.74) is 8.45. The molecule has 0 aliphatic carbocycles. The van der Waals surface area contributed by atoms with Gasteiger partial charge in [0.25, 0.3) is 0 Å². The van der Waals surface area contributed by atoms with Crippen LogP contribution in [0, 0.1) is 12.7 Å². The Labute approximate surface area is 112 Å². The minimum absolute atomic E-state index is 0.119. The molecule has 19 heavy (non-hydrogen) atoms. The number of aryl methyl sites for hydroxylation is 1. The summed E-state index contributed by atoms with van der Waals surface area (Å²) in [5.74, 6) is 0.295. The SMILES string of the molecule is CNC(Cc1cccnc1N)c1cc(C)ccc1F. The van der Waals surface area contributed by atoms with E-state index in [4.69, 9.17) is 5.73 Å². The van der Waals surface area contributed by atoms with E-state index < -0.39 is 0 Å². The molecule has 100 valence electrons. The van der Waals surface area contributed by atoms with Crippen LogP contribution in [0.1, 0.15) is 22.7 Å². The fraction of sp³-hybridized carbons (Fsp3) is 0.267. The number of halogens is 1. The van der Waals surface area contributed by atoms with E-state index in [1.165, 1.54) is 6.07 Å². The Bertz CT molecular complexity index is 569. The largest absolute Gasteiger partial charge is 0.383 e. The molecule has 2 rings (SSSR count). The van der Waals surface area contributed by atoms with Crippen molar-refractivity contribution in [2.75, 3.05) is 12.8 Å². The van der Waals surface area contributed by atoms with Crippen molar-refractivity contribution in [1.82, 2.24) is 10.3 Å². The van der Waals surface area contributed by atoms with Crippen LogP contribution in [0.4, 0.5) is 10.2 Å². The summed E-state index contributed by atoms with van der Waals surface area (Å²) in [7, 11) is 1.82. The number of nitrogens with one attached hydrogen (secondary N) is 1. The highest BCUT2D eigenvalue weighted by Gasteiger charge is 2.16. The van der Waals surface area contributed by atoms with Crippen LogP contribution >= 0.6 is 0 Å². The van der Waals surface area contributed by atoms with Crippen molar-refractivity contribution in [3.63, 3.8) is 0 Å². The number of nitrogens with zero attached hydrogens (tertiary/aromatic N) is 1. The molecule has 0 fully saturated rings. The van der Waals surface area contributed by atoms with Crippen molar-refractivity contribution in [3.05, 3.63) is 59.0 Å². The quantitative estimate of drug-likeness (QED) is 0.887. The lowest BCUT2D eigenvalue weighted by Crippen LogP contribution is -2.21. The van der Waals surface area contributed by atoms with Crippen LogP contribution in [0.5, 0.6) is 0 Å².